The molecule has 2 N–H and O–H groups in total. The van der Waals surface area contributed by atoms with Crippen LogP contribution < -0.4 is 10.1 Å². The van der Waals surface area contributed by atoms with E-state index in [0.29, 0.717) is 10.8 Å². The third kappa shape index (κ3) is 7.75. The lowest BCUT2D eigenvalue weighted by atomic mass is 10.1. The van der Waals surface area contributed by atoms with E-state index in [4.69, 9.17) is 21.1 Å². The van der Waals surface area contributed by atoms with Crippen molar-refractivity contribution in [3.8, 4) is 5.75 Å². The Labute approximate surface area is 153 Å². The lowest BCUT2D eigenvalue weighted by Crippen LogP contribution is -2.44. The van der Waals surface area contributed by atoms with E-state index in [-0.39, 0.29) is 25.2 Å². The summed E-state index contributed by atoms with van der Waals surface area (Å²) in [5, 5.41) is 12.3. The minimum Gasteiger partial charge on any atom is -0.484 e. The number of nitrogens with one attached hydrogen (secondary N) is 1. The van der Waals surface area contributed by atoms with Crippen molar-refractivity contribution < 1.29 is 24.2 Å². The topological polar surface area (TPSA) is 84.9 Å². The van der Waals surface area contributed by atoms with Gasteiger partial charge in [0.1, 0.15) is 11.8 Å². The zero-order valence-electron chi connectivity index (χ0n) is 15.3. The number of ether oxygens (including phenoxy) is 2. The van der Waals surface area contributed by atoms with E-state index in [1.165, 1.54) is 0 Å². The minimum atomic E-state index is -1.11. The molecule has 0 saturated heterocycles. The third-order valence-electron chi connectivity index (χ3n) is 3.35. The number of carbonyl (C=O) groups excluding carboxylic acids is 1. The molecule has 1 aromatic carbocycles. The van der Waals surface area contributed by atoms with Gasteiger partial charge >= 0.3 is 5.97 Å². The first kappa shape index (κ1) is 21.3. The number of aryl methyl sites for hydroxylation is 2. The van der Waals surface area contributed by atoms with Crippen LogP contribution in [0.5, 0.6) is 5.75 Å². The molecule has 0 aromatic heterocycles. The number of aliphatic carboxylic acids is 1. The van der Waals surface area contributed by atoms with Gasteiger partial charge in [0.25, 0.3) is 5.91 Å². The number of hydrogen-bond acceptors (Lipinski definition) is 4. The van der Waals surface area contributed by atoms with Crippen LogP contribution in [0.2, 0.25) is 5.02 Å². The molecule has 140 valence electrons. The van der Waals surface area contributed by atoms with Gasteiger partial charge in [-0.15, -0.1) is 0 Å². The summed E-state index contributed by atoms with van der Waals surface area (Å²) >= 11 is 6.08. The zero-order valence-corrected chi connectivity index (χ0v) is 16.1. The Bertz CT molecular complexity index is 601. The molecular formula is C18H26ClNO5. The Morgan fingerprint density at radius 1 is 1.24 bits per heavy atom. The molecule has 0 radical (unpaired) electrons. The predicted molar refractivity (Wildman–Crippen MR) is 96.3 cm³/mol. The van der Waals surface area contributed by atoms with Gasteiger partial charge in [-0.25, -0.2) is 4.79 Å². The molecule has 1 aromatic rings. The van der Waals surface area contributed by atoms with Crippen molar-refractivity contribution >= 4 is 23.5 Å². The van der Waals surface area contributed by atoms with Crippen molar-refractivity contribution in [3.63, 3.8) is 0 Å². The van der Waals surface area contributed by atoms with Gasteiger partial charge in [0, 0.05) is 18.1 Å². The summed E-state index contributed by atoms with van der Waals surface area (Å²) in [5.41, 5.74) is 1.33. The summed E-state index contributed by atoms with van der Waals surface area (Å²) in [4.78, 5) is 23.2. The molecule has 6 nitrogen and oxygen atoms in total. The van der Waals surface area contributed by atoms with Crippen LogP contribution in [0.1, 0.15) is 38.3 Å². The number of carboxylic acid groups (broad SMARTS) is 1. The van der Waals surface area contributed by atoms with E-state index in [0.717, 1.165) is 11.1 Å². The fourth-order valence-corrected chi connectivity index (χ4v) is 2.22. The summed E-state index contributed by atoms with van der Waals surface area (Å²) in [7, 11) is 0. The average Bonchev–Trinajstić information content (AvgIpc) is 2.48. The average molecular weight is 372 g/mol. The van der Waals surface area contributed by atoms with Gasteiger partial charge < -0.3 is 19.9 Å². The highest BCUT2D eigenvalue weighted by Gasteiger charge is 2.21. The third-order valence-corrected chi connectivity index (χ3v) is 3.95. The molecule has 1 atom stereocenters. The van der Waals surface area contributed by atoms with Gasteiger partial charge in [-0.1, -0.05) is 11.6 Å². The predicted octanol–water partition coefficient (Wildman–Crippen LogP) is 3.11. The van der Waals surface area contributed by atoms with Crippen LogP contribution in [0.3, 0.4) is 0 Å². The smallest absolute Gasteiger partial charge is 0.326 e. The summed E-state index contributed by atoms with van der Waals surface area (Å²) < 4.78 is 10.9. The molecule has 0 spiro atoms. The fraction of sp³-hybridized carbons (Fsp3) is 0.556. The van der Waals surface area contributed by atoms with Crippen LogP contribution in [0.4, 0.5) is 0 Å². The second kappa shape index (κ2) is 9.06. The summed E-state index contributed by atoms with van der Waals surface area (Å²) in [6.07, 6.45) is 0.178. The lowest BCUT2D eigenvalue weighted by molar-refractivity contribution is -0.143. The fourth-order valence-electron chi connectivity index (χ4n) is 2.11. The van der Waals surface area contributed by atoms with E-state index in [1.807, 2.05) is 34.6 Å². The summed E-state index contributed by atoms with van der Waals surface area (Å²) in [6.45, 7) is 9.29. The molecular weight excluding hydrogens is 346 g/mol. The monoisotopic (exact) mass is 371 g/mol. The maximum Gasteiger partial charge on any atom is 0.326 e. The number of carboxylic acids is 1. The zero-order chi connectivity index (χ0) is 19.2. The van der Waals surface area contributed by atoms with Gasteiger partial charge in [0.15, 0.2) is 6.61 Å². The Balaban J connectivity index is 2.54. The number of carbonyl (C=O) groups is 2. The molecule has 0 heterocycles. The van der Waals surface area contributed by atoms with Crippen LogP contribution in [0, 0.1) is 13.8 Å². The largest absolute Gasteiger partial charge is 0.484 e. The normalized spacial score (nSPS) is 12.6. The lowest BCUT2D eigenvalue weighted by Gasteiger charge is -2.21. The van der Waals surface area contributed by atoms with Gasteiger partial charge in [-0.2, -0.15) is 0 Å². The maximum absolute atomic E-state index is 12.0. The van der Waals surface area contributed by atoms with E-state index in [2.05, 4.69) is 5.32 Å². The molecule has 1 amide bonds. The van der Waals surface area contributed by atoms with Crippen molar-refractivity contribution in [1.82, 2.24) is 5.32 Å². The summed E-state index contributed by atoms with van der Waals surface area (Å²) in [6, 6.07) is 2.44. The van der Waals surface area contributed by atoms with Crippen molar-refractivity contribution in [3.05, 3.63) is 28.3 Å². The Morgan fingerprint density at radius 3 is 2.28 bits per heavy atom. The first-order chi connectivity index (χ1) is 11.5. The Kier molecular flexibility index (Phi) is 7.70. The molecule has 0 aliphatic heterocycles. The number of halogens is 1. The first-order valence-corrected chi connectivity index (χ1v) is 8.43. The second-order valence-corrected chi connectivity index (χ2v) is 7.25. The molecule has 0 aliphatic carbocycles. The second-order valence-electron chi connectivity index (χ2n) is 6.87. The first-order valence-electron chi connectivity index (χ1n) is 8.05. The molecule has 1 rings (SSSR count). The van der Waals surface area contributed by atoms with Crippen LogP contribution in [0.25, 0.3) is 0 Å². The summed E-state index contributed by atoms with van der Waals surface area (Å²) in [5.74, 6) is -1.10. The molecule has 7 heteroatoms. The number of rotatable bonds is 8. The highest BCUT2D eigenvalue weighted by atomic mass is 35.5. The van der Waals surface area contributed by atoms with Gasteiger partial charge in [0.05, 0.1) is 5.60 Å². The van der Waals surface area contributed by atoms with Crippen molar-refractivity contribution in [2.75, 3.05) is 13.2 Å². The number of hydrogen-bond donors (Lipinski definition) is 2. The Hall–Kier alpha value is -1.79. The molecule has 1 unspecified atom stereocenters. The van der Waals surface area contributed by atoms with E-state index in [1.54, 1.807) is 12.1 Å². The van der Waals surface area contributed by atoms with Gasteiger partial charge in [0.2, 0.25) is 0 Å². The van der Waals surface area contributed by atoms with Crippen LogP contribution in [0.15, 0.2) is 12.1 Å². The highest BCUT2D eigenvalue weighted by molar-refractivity contribution is 6.32. The molecule has 25 heavy (non-hydrogen) atoms. The van der Waals surface area contributed by atoms with Crippen molar-refractivity contribution in [2.45, 2.75) is 52.7 Å². The van der Waals surface area contributed by atoms with Crippen LogP contribution in [-0.4, -0.2) is 41.8 Å². The van der Waals surface area contributed by atoms with Crippen LogP contribution in [-0.2, 0) is 14.3 Å². The van der Waals surface area contributed by atoms with Gasteiger partial charge in [-0.3, -0.25) is 4.79 Å². The van der Waals surface area contributed by atoms with E-state index < -0.39 is 17.9 Å². The van der Waals surface area contributed by atoms with Crippen molar-refractivity contribution in [1.29, 1.82) is 0 Å². The van der Waals surface area contributed by atoms with Crippen molar-refractivity contribution in [2.24, 2.45) is 0 Å². The maximum atomic E-state index is 12.0. The van der Waals surface area contributed by atoms with Gasteiger partial charge in [-0.05, 0) is 57.9 Å². The Morgan fingerprint density at radius 2 is 1.80 bits per heavy atom. The number of benzene rings is 1. The highest BCUT2D eigenvalue weighted by Crippen LogP contribution is 2.25. The van der Waals surface area contributed by atoms with E-state index in [9.17, 15) is 14.7 Å². The minimum absolute atomic E-state index is 0.178. The molecule has 0 bridgehead atoms. The molecule has 0 aliphatic rings. The van der Waals surface area contributed by atoms with E-state index >= 15 is 0 Å². The standard InChI is InChI=1S/C18H26ClNO5/c1-11-8-13(9-12(2)16(11)19)24-10-15(21)20-14(17(22)23)6-7-25-18(3,4)5/h8-9,14H,6-7,10H2,1-5H3,(H,20,21)(H,22,23). The number of amides is 1. The quantitative estimate of drug-likeness (QED) is 0.733. The molecule has 0 saturated carbocycles. The SMILES string of the molecule is Cc1cc(OCC(=O)NC(CCOC(C)(C)C)C(=O)O)cc(C)c1Cl. The molecule has 0 fully saturated rings. The van der Waals surface area contributed by atoms with Crippen LogP contribution >= 0.6 is 11.6 Å².